The van der Waals surface area contributed by atoms with Crippen molar-refractivity contribution < 1.29 is 9.59 Å². The summed E-state index contributed by atoms with van der Waals surface area (Å²) in [6.45, 7) is 5.28. The predicted octanol–water partition coefficient (Wildman–Crippen LogP) is 1.87. The van der Waals surface area contributed by atoms with Gasteiger partial charge in [0, 0.05) is 43.5 Å². The summed E-state index contributed by atoms with van der Waals surface area (Å²) >= 11 is 0. The highest BCUT2D eigenvalue weighted by atomic mass is 16.2. The normalized spacial score (nSPS) is 21.0. The summed E-state index contributed by atoms with van der Waals surface area (Å²) < 4.78 is 2.02. The van der Waals surface area contributed by atoms with Crippen LogP contribution in [0.15, 0.2) is 24.5 Å². The van der Waals surface area contributed by atoms with E-state index >= 15 is 0 Å². The second-order valence-corrected chi connectivity index (χ2v) is 6.54. The van der Waals surface area contributed by atoms with Crippen molar-refractivity contribution >= 4 is 11.9 Å². The van der Waals surface area contributed by atoms with Gasteiger partial charge in [0.25, 0.3) is 0 Å². The van der Waals surface area contributed by atoms with Gasteiger partial charge in [-0.2, -0.15) is 0 Å². The largest absolute Gasteiger partial charge is 0.354 e. The third-order valence-corrected chi connectivity index (χ3v) is 4.13. The molecule has 23 heavy (non-hydrogen) atoms. The number of aromatic nitrogens is 1. The molecule has 3 N–H and O–H groups in total. The fourth-order valence-electron chi connectivity index (χ4n) is 3.02. The number of rotatable bonds is 6. The third-order valence-electron chi connectivity index (χ3n) is 4.13. The van der Waals surface area contributed by atoms with Crippen LogP contribution in [0.5, 0.6) is 0 Å². The van der Waals surface area contributed by atoms with Crippen molar-refractivity contribution in [3.05, 3.63) is 24.5 Å². The van der Waals surface area contributed by atoms with Crippen molar-refractivity contribution in [1.82, 2.24) is 20.5 Å². The second-order valence-electron chi connectivity index (χ2n) is 6.54. The van der Waals surface area contributed by atoms with Crippen LogP contribution in [0.3, 0.4) is 0 Å². The van der Waals surface area contributed by atoms with Crippen LogP contribution in [0, 0.1) is 5.92 Å². The molecule has 2 rings (SSSR count). The molecule has 0 bridgehead atoms. The van der Waals surface area contributed by atoms with E-state index in [9.17, 15) is 9.59 Å². The van der Waals surface area contributed by atoms with Gasteiger partial charge in [-0.3, -0.25) is 4.79 Å². The van der Waals surface area contributed by atoms with Crippen molar-refractivity contribution in [3.63, 3.8) is 0 Å². The smallest absolute Gasteiger partial charge is 0.315 e. The van der Waals surface area contributed by atoms with E-state index in [0.717, 1.165) is 32.2 Å². The van der Waals surface area contributed by atoms with Gasteiger partial charge in [-0.25, -0.2) is 4.79 Å². The number of carbonyl (C=O) groups excluding carboxylic acids is 2. The molecule has 0 aromatic carbocycles. The highest BCUT2D eigenvalue weighted by Crippen LogP contribution is 2.24. The van der Waals surface area contributed by atoms with Crippen LogP contribution >= 0.6 is 0 Å². The molecule has 0 spiro atoms. The Hall–Kier alpha value is -1.98. The average Bonchev–Trinajstić information content (AvgIpc) is 3.00. The van der Waals surface area contributed by atoms with Gasteiger partial charge < -0.3 is 20.5 Å². The van der Waals surface area contributed by atoms with Gasteiger partial charge in [-0.05, 0) is 45.2 Å². The average molecular weight is 320 g/mol. The molecule has 0 unspecified atom stereocenters. The van der Waals surface area contributed by atoms with E-state index in [1.807, 2.05) is 42.9 Å². The van der Waals surface area contributed by atoms with Crippen molar-refractivity contribution in [1.29, 1.82) is 0 Å². The van der Waals surface area contributed by atoms with E-state index < -0.39 is 0 Å². The molecule has 1 saturated carbocycles. The molecule has 1 aromatic rings. The van der Waals surface area contributed by atoms with E-state index in [4.69, 9.17) is 0 Å². The minimum atomic E-state index is -0.146. The van der Waals surface area contributed by atoms with Gasteiger partial charge >= 0.3 is 6.03 Å². The first kappa shape index (κ1) is 17.4. The quantitative estimate of drug-likeness (QED) is 0.748. The van der Waals surface area contributed by atoms with E-state index in [2.05, 4.69) is 16.0 Å². The van der Waals surface area contributed by atoms with E-state index in [1.54, 1.807) is 0 Å². The Balaban J connectivity index is 1.69. The molecule has 1 aliphatic carbocycles. The van der Waals surface area contributed by atoms with Crippen LogP contribution in [0.25, 0.3) is 0 Å². The highest BCUT2D eigenvalue weighted by molar-refractivity contribution is 5.79. The van der Waals surface area contributed by atoms with Gasteiger partial charge in [0.2, 0.25) is 5.91 Å². The first-order valence-corrected chi connectivity index (χ1v) is 8.50. The first-order chi connectivity index (χ1) is 11.0. The minimum Gasteiger partial charge on any atom is -0.354 e. The zero-order valence-corrected chi connectivity index (χ0v) is 14.0. The highest BCUT2D eigenvalue weighted by Gasteiger charge is 2.28. The molecule has 6 heteroatoms. The van der Waals surface area contributed by atoms with Crippen LogP contribution in [0.2, 0.25) is 0 Å². The fourth-order valence-corrected chi connectivity index (χ4v) is 3.02. The lowest BCUT2D eigenvalue weighted by Gasteiger charge is -2.29. The van der Waals surface area contributed by atoms with Crippen LogP contribution in [-0.4, -0.2) is 35.1 Å². The van der Waals surface area contributed by atoms with Crippen molar-refractivity contribution in [2.75, 3.05) is 6.54 Å². The number of hydrogen-bond donors (Lipinski definition) is 3. The summed E-state index contributed by atoms with van der Waals surface area (Å²) in [5.41, 5.74) is 0. The van der Waals surface area contributed by atoms with Crippen molar-refractivity contribution in [2.45, 2.75) is 58.2 Å². The topological polar surface area (TPSA) is 75.2 Å². The predicted molar refractivity (Wildman–Crippen MR) is 90.0 cm³/mol. The summed E-state index contributed by atoms with van der Waals surface area (Å²) in [7, 11) is 0. The van der Waals surface area contributed by atoms with E-state index in [0.29, 0.717) is 6.54 Å². The number of hydrogen-bond acceptors (Lipinski definition) is 2. The van der Waals surface area contributed by atoms with E-state index in [1.165, 1.54) is 0 Å². The minimum absolute atomic E-state index is 0.0105. The number of carbonyl (C=O) groups is 2. The van der Waals surface area contributed by atoms with Crippen LogP contribution in [-0.2, 0) is 11.3 Å². The molecular formula is C17H28N4O2. The third kappa shape index (κ3) is 5.96. The molecule has 128 valence electrons. The Morgan fingerprint density at radius 1 is 1.22 bits per heavy atom. The monoisotopic (exact) mass is 320 g/mol. The molecule has 1 heterocycles. The van der Waals surface area contributed by atoms with E-state index in [-0.39, 0.29) is 29.9 Å². The molecule has 1 fully saturated rings. The molecule has 2 atom stereocenters. The maximum atomic E-state index is 12.1. The Morgan fingerprint density at radius 2 is 1.96 bits per heavy atom. The number of nitrogens with one attached hydrogen (secondary N) is 3. The SMILES string of the molecule is CC(C)NC(=O)[C@H]1CCC[C@@H](NC(=O)NCCn2cccc2)C1. The lowest BCUT2D eigenvalue weighted by molar-refractivity contribution is -0.126. The Labute approximate surface area is 138 Å². The molecule has 0 radical (unpaired) electrons. The Kier molecular flexibility index (Phi) is 6.50. The zero-order valence-electron chi connectivity index (χ0n) is 14.0. The summed E-state index contributed by atoms with van der Waals surface area (Å²) in [6.07, 6.45) is 7.49. The fraction of sp³-hybridized carbons (Fsp3) is 0.647. The van der Waals surface area contributed by atoms with Crippen LogP contribution in [0.1, 0.15) is 39.5 Å². The number of amides is 3. The lowest BCUT2D eigenvalue weighted by Crippen LogP contribution is -2.47. The second kappa shape index (κ2) is 8.60. The standard InChI is InChI=1S/C17H28N4O2/c1-13(2)19-16(22)14-6-5-7-15(12-14)20-17(23)18-8-11-21-9-3-4-10-21/h3-4,9-10,13-15H,5-8,11-12H2,1-2H3,(H,19,22)(H2,18,20,23)/t14-,15+/m0/s1. The summed E-state index contributed by atoms with van der Waals surface area (Å²) in [4.78, 5) is 24.1. The lowest BCUT2D eigenvalue weighted by atomic mass is 9.85. The molecule has 3 amide bonds. The molecule has 1 aliphatic rings. The van der Waals surface area contributed by atoms with Gasteiger partial charge in [-0.1, -0.05) is 6.42 Å². The van der Waals surface area contributed by atoms with Gasteiger partial charge in [-0.15, -0.1) is 0 Å². The van der Waals surface area contributed by atoms with Crippen LogP contribution < -0.4 is 16.0 Å². The molecule has 0 aliphatic heterocycles. The van der Waals surface area contributed by atoms with Gasteiger partial charge in [0.15, 0.2) is 0 Å². The zero-order chi connectivity index (χ0) is 16.7. The molecule has 1 aromatic heterocycles. The summed E-state index contributed by atoms with van der Waals surface area (Å²) in [5.74, 6) is 0.121. The van der Waals surface area contributed by atoms with Gasteiger partial charge in [0.05, 0.1) is 0 Å². The molecule has 0 saturated heterocycles. The Morgan fingerprint density at radius 3 is 2.65 bits per heavy atom. The Bertz CT molecular complexity index is 499. The maximum absolute atomic E-state index is 12.1. The van der Waals surface area contributed by atoms with Gasteiger partial charge in [0.1, 0.15) is 0 Å². The summed E-state index contributed by atoms with van der Waals surface area (Å²) in [5, 5.41) is 8.84. The maximum Gasteiger partial charge on any atom is 0.315 e. The number of nitrogens with zero attached hydrogens (tertiary/aromatic N) is 1. The number of urea groups is 1. The first-order valence-electron chi connectivity index (χ1n) is 8.50. The van der Waals surface area contributed by atoms with Crippen LogP contribution in [0.4, 0.5) is 4.79 Å². The van der Waals surface area contributed by atoms with Crippen molar-refractivity contribution in [3.8, 4) is 0 Å². The molecule has 6 nitrogen and oxygen atoms in total. The van der Waals surface area contributed by atoms with Crippen molar-refractivity contribution in [2.24, 2.45) is 5.92 Å². The molecular weight excluding hydrogens is 292 g/mol. The summed E-state index contributed by atoms with van der Waals surface area (Å²) in [6, 6.07) is 4.02.